The number of thiazole rings is 1. The number of rotatable bonds is 4. The summed E-state index contributed by atoms with van der Waals surface area (Å²) in [5.74, 6) is 0.159. The van der Waals surface area contributed by atoms with E-state index in [0.29, 0.717) is 27.0 Å². The number of carbonyl (C=O) groups excluding carboxylic acids is 1. The lowest BCUT2D eigenvalue weighted by Crippen LogP contribution is -2.26. The molecule has 2 aromatic carbocycles. The maximum Gasteiger partial charge on any atom is 0.416 e. The molecule has 0 saturated carbocycles. The minimum atomic E-state index is -4.40. The van der Waals surface area contributed by atoms with Crippen molar-refractivity contribution in [2.24, 2.45) is 0 Å². The third-order valence-corrected chi connectivity index (χ3v) is 5.94. The number of hydrogen-bond donors (Lipinski definition) is 1. The van der Waals surface area contributed by atoms with Crippen LogP contribution in [0, 0.1) is 6.92 Å². The Morgan fingerprint density at radius 3 is 2.35 bits per heavy atom. The van der Waals surface area contributed by atoms with Gasteiger partial charge in [0.1, 0.15) is 9.88 Å². The molecule has 0 saturated heterocycles. The number of H-pyrrole nitrogens is 1. The van der Waals surface area contributed by atoms with Crippen molar-refractivity contribution in [3.05, 3.63) is 76.8 Å². The summed E-state index contributed by atoms with van der Waals surface area (Å²) in [6, 6.07) is 16.1. The van der Waals surface area contributed by atoms with Gasteiger partial charge in [0, 0.05) is 18.7 Å². The Morgan fingerprint density at radius 2 is 1.71 bits per heavy atom. The minimum Gasteiger partial charge on any atom is -0.294 e. The Labute approximate surface area is 180 Å². The zero-order valence-electron chi connectivity index (χ0n) is 16.6. The number of aryl methyl sites for hydroxylation is 1. The molecule has 0 spiro atoms. The van der Waals surface area contributed by atoms with E-state index in [9.17, 15) is 18.0 Å². The Bertz CT molecular complexity index is 1210. The van der Waals surface area contributed by atoms with Crippen LogP contribution < -0.4 is 4.90 Å². The third kappa shape index (κ3) is 4.22. The molecule has 0 radical (unpaired) electrons. The highest BCUT2D eigenvalue weighted by atomic mass is 32.1. The van der Waals surface area contributed by atoms with Crippen LogP contribution in [0.3, 0.4) is 0 Å². The lowest BCUT2D eigenvalue weighted by atomic mass is 10.1. The van der Waals surface area contributed by atoms with Crippen molar-refractivity contribution in [3.8, 4) is 21.8 Å². The van der Waals surface area contributed by atoms with Crippen molar-refractivity contribution >= 4 is 23.1 Å². The quantitative estimate of drug-likeness (QED) is 0.434. The molecule has 0 fully saturated rings. The summed E-state index contributed by atoms with van der Waals surface area (Å²) in [4.78, 5) is 19.2. The number of anilines is 1. The Kier molecular flexibility index (Phi) is 5.36. The predicted molar refractivity (Wildman–Crippen MR) is 114 cm³/mol. The summed E-state index contributed by atoms with van der Waals surface area (Å²) in [6.07, 6.45) is -4.40. The fraction of sp³-hybridized carbons (Fsp3) is 0.136. The second kappa shape index (κ2) is 7.99. The number of benzene rings is 2. The Morgan fingerprint density at radius 1 is 1.03 bits per heavy atom. The summed E-state index contributed by atoms with van der Waals surface area (Å²) in [7, 11) is 1.62. The molecule has 0 aliphatic heterocycles. The highest BCUT2D eigenvalue weighted by Gasteiger charge is 2.30. The van der Waals surface area contributed by atoms with Gasteiger partial charge in [0.15, 0.2) is 5.82 Å². The van der Waals surface area contributed by atoms with Gasteiger partial charge >= 0.3 is 6.18 Å². The van der Waals surface area contributed by atoms with Crippen LogP contribution in [0.25, 0.3) is 21.8 Å². The number of hydrogen-bond acceptors (Lipinski definition) is 4. The topological polar surface area (TPSA) is 61.9 Å². The molecule has 0 atom stereocenters. The van der Waals surface area contributed by atoms with Crippen LogP contribution in [0.2, 0.25) is 0 Å². The number of nitrogens with one attached hydrogen (secondary N) is 1. The van der Waals surface area contributed by atoms with E-state index >= 15 is 0 Å². The zero-order valence-corrected chi connectivity index (χ0v) is 17.4. The molecule has 0 bridgehead atoms. The van der Waals surface area contributed by atoms with Crippen molar-refractivity contribution in [3.63, 3.8) is 0 Å². The van der Waals surface area contributed by atoms with Crippen LogP contribution in [0.5, 0.6) is 0 Å². The first-order chi connectivity index (χ1) is 14.7. The van der Waals surface area contributed by atoms with E-state index in [0.717, 1.165) is 34.7 Å². The molecule has 4 rings (SSSR count). The van der Waals surface area contributed by atoms with E-state index in [-0.39, 0.29) is 5.91 Å². The van der Waals surface area contributed by atoms with Crippen LogP contribution in [0.15, 0.2) is 60.7 Å². The molecule has 2 heterocycles. The highest BCUT2D eigenvalue weighted by molar-refractivity contribution is 7.17. The summed E-state index contributed by atoms with van der Waals surface area (Å²) in [5.41, 5.74) is 2.03. The smallest absolute Gasteiger partial charge is 0.294 e. The number of aromatic amines is 1. The van der Waals surface area contributed by atoms with E-state index in [1.807, 2.05) is 30.3 Å². The van der Waals surface area contributed by atoms with Crippen LogP contribution in [0.4, 0.5) is 19.0 Å². The SMILES string of the molecule is Cc1nc(-c2ccc(C(F)(F)F)cc2)sc1C(=O)N(C)c1cc(-c2ccccc2)[nH]n1. The van der Waals surface area contributed by atoms with E-state index < -0.39 is 11.7 Å². The van der Waals surface area contributed by atoms with Crippen molar-refractivity contribution in [1.29, 1.82) is 0 Å². The zero-order chi connectivity index (χ0) is 22.2. The first-order valence-electron chi connectivity index (χ1n) is 9.28. The van der Waals surface area contributed by atoms with Gasteiger partial charge in [-0.05, 0) is 24.6 Å². The molecule has 5 nitrogen and oxygen atoms in total. The molecular formula is C22H17F3N4OS. The third-order valence-electron chi connectivity index (χ3n) is 4.75. The lowest BCUT2D eigenvalue weighted by Gasteiger charge is -2.12. The van der Waals surface area contributed by atoms with Crippen LogP contribution in [0.1, 0.15) is 20.9 Å². The van der Waals surface area contributed by atoms with Gasteiger partial charge in [0.05, 0.1) is 17.0 Å². The van der Waals surface area contributed by atoms with E-state index in [1.54, 1.807) is 20.0 Å². The first kappa shape index (κ1) is 20.8. The van der Waals surface area contributed by atoms with E-state index in [4.69, 9.17) is 0 Å². The van der Waals surface area contributed by atoms with E-state index in [2.05, 4.69) is 15.2 Å². The van der Waals surface area contributed by atoms with Gasteiger partial charge in [0.25, 0.3) is 5.91 Å². The average Bonchev–Trinajstić information content (AvgIpc) is 3.40. The average molecular weight is 442 g/mol. The van der Waals surface area contributed by atoms with Gasteiger partial charge in [-0.1, -0.05) is 42.5 Å². The molecule has 1 N–H and O–H groups in total. The highest BCUT2D eigenvalue weighted by Crippen LogP contribution is 2.33. The van der Waals surface area contributed by atoms with Gasteiger partial charge < -0.3 is 0 Å². The van der Waals surface area contributed by atoms with Crippen molar-refractivity contribution in [2.45, 2.75) is 13.1 Å². The minimum absolute atomic E-state index is 0.292. The molecule has 2 aromatic heterocycles. The standard InChI is InChI=1S/C22H17F3N4OS/c1-13-19(31-20(26-13)15-8-10-16(11-9-15)22(23,24)25)21(30)29(2)18-12-17(27-28-18)14-6-4-3-5-7-14/h3-12H,1-2H3,(H,27,28). The van der Waals surface area contributed by atoms with Crippen LogP contribution in [-0.2, 0) is 6.18 Å². The fourth-order valence-corrected chi connectivity index (χ4v) is 4.07. The Hall–Kier alpha value is -3.46. The van der Waals surface area contributed by atoms with Gasteiger partial charge in [-0.2, -0.15) is 18.3 Å². The Balaban J connectivity index is 1.57. The molecule has 31 heavy (non-hydrogen) atoms. The molecule has 0 aliphatic carbocycles. The number of nitrogens with zero attached hydrogens (tertiary/aromatic N) is 3. The summed E-state index contributed by atoms with van der Waals surface area (Å²) >= 11 is 1.14. The van der Waals surface area contributed by atoms with Gasteiger partial charge in [-0.25, -0.2) is 4.98 Å². The molecule has 9 heteroatoms. The summed E-state index contributed by atoms with van der Waals surface area (Å²) < 4.78 is 38.4. The molecule has 158 valence electrons. The van der Waals surface area contributed by atoms with Crippen LogP contribution >= 0.6 is 11.3 Å². The maximum absolute atomic E-state index is 13.0. The lowest BCUT2D eigenvalue weighted by molar-refractivity contribution is -0.137. The molecule has 1 amide bonds. The van der Waals surface area contributed by atoms with E-state index in [1.165, 1.54) is 17.0 Å². The molecule has 0 unspecified atom stereocenters. The normalized spacial score (nSPS) is 11.5. The van der Waals surface area contributed by atoms with Gasteiger partial charge in [0.2, 0.25) is 0 Å². The number of aromatic nitrogens is 3. The molecule has 0 aliphatic rings. The second-order valence-electron chi connectivity index (χ2n) is 6.88. The van der Waals surface area contributed by atoms with Crippen LogP contribution in [-0.4, -0.2) is 28.1 Å². The number of carbonyl (C=O) groups is 1. The van der Waals surface area contributed by atoms with Crippen molar-refractivity contribution in [2.75, 3.05) is 11.9 Å². The van der Waals surface area contributed by atoms with Crippen molar-refractivity contribution in [1.82, 2.24) is 15.2 Å². The summed E-state index contributed by atoms with van der Waals surface area (Å²) in [6.45, 7) is 1.70. The predicted octanol–water partition coefficient (Wildman–Crippen LogP) is 5.80. The number of alkyl halides is 3. The monoisotopic (exact) mass is 442 g/mol. The van der Waals surface area contributed by atoms with Gasteiger partial charge in [-0.3, -0.25) is 14.8 Å². The van der Waals surface area contributed by atoms with Crippen molar-refractivity contribution < 1.29 is 18.0 Å². The fourth-order valence-electron chi connectivity index (χ4n) is 3.03. The number of halogens is 3. The number of amides is 1. The molecular weight excluding hydrogens is 425 g/mol. The maximum atomic E-state index is 13.0. The summed E-state index contributed by atoms with van der Waals surface area (Å²) in [5, 5.41) is 7.63. The second-order valence-corrected chi connectivity index (χ2v) is 7.88. The first-order valence-corrected chi connectivity index (χ1v) is 10.1. The van der Waals surface area contributed by atoms with Gasteiger partial charge in [-0.15, -0.1) is 11.3 Å². The molecule has 4 aromatic rings. The largest absolute Gasteiger partial charge is 0.416 e.